The van der Waals surface area contributed by atoms with Gasteiger partial charge in [0, 0.05) is 78.6 Å². The van der Waals surface area contributed by atoms with Gasteiger partial charge in [-0.25, -0.2) is 0 Å². The summed E-state index contributed by atoms with van der Waals surface area (Å²) in [6, 6.07) is 167. The van der Waals surface area contributed by atoms with Gasteiger partial charge in [0.15, 0.2) is 0 Å². The number of hydrogen-bond donors (Lipinski definition) is 0. The minimum atomic E-state index is 0.608. The third-order valence-electron chi connectivity index (χ3n) is 25.8. The molecule has 0 radical (unpaired) electrons. The van der Waals surface area contributed by atoms with Crippen molar-refractivity contribution >= 4 is 142 Å². The molecule has 0 aliphatic heterocycles. The molecule has 0 unspecified atom stereocenters. The van der Waals surface area contributed by atoms with Crippen molar-refractivity contribution in [3.8, 4) is 104 Å². The molecular weight excluding hydrogens is 1620 g/mol. The first-order valence-corrected chi connectivity index (χ1v) is 45.0. The lowest BCUT2D eigenvalue weighted by molar-refractivity contribution is 1.28. The van der Waals surface area contributed by atoms with Gasteiger partial charge in [0.25, 0.3) is 0 Å². The van der Waals surface area contributed by atoms with E-state index >= 15 is 0 Å². The first kappa shape index (κ1) is 79.8. The molecule has 4 heteroatoms. The maximum absolute atomic E-state index is 9.37. The largest absolute Gasteiger partial charge is 0.311 e. The van der Waals surface area contributed by atoms with E-state index in [1.165, 1.54) is 75.8 Å². The van der Waals surface area contributed by atoms with Crippen molar-refractivity contribution in [1.82, 2.24) is 0 Å². The van der Waals surface area contributed by atoms with E-state index in [0.717, 1.165) is 155 Å². The zero-order chi connectivity index (χ0) is 89.4. The highest BCUT2D eigenvalue weighted by Gasteiger charge is 2.25. The van der Waals surface area contributed by atoms with E-state index in [1.54, 1.807) is 0 Å². The molecule has 616 valence electrons. The van der Waals surface area contributed by atoms with Crippen molar-refractivity contribution in [3.63, 3.8) is 0 Å². The van der Waals surface area contributed by atoms with Gasteiger partial charge in [-0.3, -0.25) is 0 Å². The second kappa shape index (κ2) is 34.8. The van der Waals surface area contributed by atoms with Crippen LogP contribution in [0, 0.1) is 70.0 Å². The minimum Gasteiger partial charge on any atom is -0.311 e. The van der Waals surface area contributed by atoms with E-state index in [-0.39, 0.29) is 0 Å². The van der Waals surface area contributed by atoms with Crippen molar-refractivity contribution in [2.24, 2.45) is 0 Å². The molecular formula is C130H76N4. The number of anilines is 6. The summed E-state index contributed by atoms with van der Waals surface area (Å²) in [6.45, 7) is 0. The molecule has 0 fully saturated rings. The first-order valence-electron chi connectivity index (χ1n) is 45.0. The number of hydrogen-bond acceptors (Lipinski definition) is 4. The van der Waals surface area contributed by atoms with Gasteiger partial charge < -0.3 is 9.80 Å². The molecule has 24 aromatic rings. The van der Waals surface area contributed by atoms with E-state index < -0.39 is 0 Å². The maximum Gasteiger partial charge on any atom is 0.0991 e. The number of rotatable bonds is 10. The number of fused-ring (bicyclic) bond motifs is 4. The Labute approximate surface area is 777 Å². The highest BCUT2D eigenvalue weighted by Crippen LogP contribution is 2.50. The van der Waals surface area contributed by atoms with E-state index in [2.05, 4.69) is 482 Å². The number of para-hydroxylation sites is 4. The lowest BCUT2D eigenvalue weighted by Crippen LogP contribution is -2.09. The van der Waals surface area contributed by atoms with Crippen LogP contribution in [0.2, 0.25) is 0 Å². The average Bonchev–Trinajstić information content (AvgIpc) is 0.711. The second-order valence-corrected chi connectivity index (χ2v) is 33.6. The van der Waals surface area contributed by atoms with E-state index in [1.807, 2.05) is 48.5 Å². The van der Waals surface area contributed by atoms with Gasteiger partial charge in [-0.15, -0.1) is 0 Å². The molecule has 24 rings (SSSR count). The average molecular weight is 1690 g/mol. The molecule has 0 saturated heterocycles. The molecule has 0 aromatic heterocycles. The SMILES string of the molecule is C(#Cc1cc(-c2cccc3ccccc23)c2ccc3c(C#Cc4ccc(N(c5ccccc5)c5ccccc5)cc4)cc(-c4cccc5ccccc45)c4ccc1c2c34)c1ccc(N(c2ccccc2)c2ccccc2)cc1.N#Cc1ccc(C#Cc2cc(-c3cccc4ccccc34)c3ccc4c(C#Cc5ccc(C#N)cc5)cc(-c5cccc6ccccc56)c5ccc2c3c45)cc1. The van der Waals surface area contributed by atoms with Crippen molar-refractivity contribution in [3.05, 3.63) is 517 Å². The normalized spacial score (nSPS) is 11.0. The minimum absolute atomic E-state index is 0.608. The summed E-state index contributed by atoms with van der Waals surface area (Å²) in [5.74, 6) is 28.8. The standard InChI is InChI=1S/C76H48N2.C54H28N2/c1-5-23-59(24-6-1)77(60-25-7-2-8-26-60)63-43-37-53(38-44-63)35-41-57-51-73(69-33-17-21-55-19-13-15-31-65(55)69)71-50-48-68-58(42-36-54-39-45-64(46-40-54)78(61-27-9-3-10-28-61)62-29-11-4-12-30-62)52-74(72-49-47-67(57)75(71)76(68)72)70-34-18-22-56-20-14-16-32-66(56)70;55-33-37-19-15-35(16-20-37)23-25-41-31-51(47-13-5-9-39-7-1-3-11-43(39)47)49-29-27-46-42(26-24-36-17-21-38(34-56)22-18-36)32-52(50-30-28-45(41)53(49)54(46)50)48-14-6-10-40-8-2-4-12-44(40)48/h1-34,37-40,43-52H;1-22,27-32H. The predicted octanol–water partition coefficient (Wildman–Crippen LogP) is 32.7. The Balaban J connectivity index is 0.000000160. The smallest absolute Gasteiger partial charge is 0.0991 e. The number of nitrogens with zero attached hydrogens (tertiary/aromatic N) is 4. The van der Waals surface area contributed by atoms with Crippen LogP contribution in [0.25, 0.3) is 152 Å². The Morgan fingerprint density at radius 3 is 0.575 bits per heavy atom. The topological polar surface area (TPSA) is 54.1 Å². The molecule has 0 atom stereocenters. The van der Waals surface area contributed by atoms with Crippen LogP contribution >= 0.6 is 0 Å². The van der Waals surface area contributed by atoms with E-state index in [9.17, 15) is 10.5 Å². The van der Waals surface area contributed by atoms with Crippen molar-refractivity contribution < 1.29 is 0 Å². The third-order valence-corrected chi connectivity index (χ3v) is 25.8. The lowest BCUT2D eigenvalue weighted by atomic mass is 9.83. The monoisotopic (exact) mass is 1690 g/mol. The fraction of sp³-hybridized carbons (Fsp3) is 0. The lowest BCUT2D eigenvalue weighted by Gasteiger charge is -2.25. The van der Waals surface area contributed by atoms with Crippen LogP contribution in [0.3, 0.4) is 0 Å². The summed E-state index contributed by atoms with van der Waals surface area (Å²) >= 11 is 0. The van der Waals surface area contributed by atoms with Gasteiger partial charge in [0.05, 0.1) is 23.3 Å². The van der Waals surface area contributed by atoms with Gasteiger partial charge >= 0.3 is 0 Å². The Kier molecular flexibility index (Phi) is 20.7. The van der Waals surface area contributed by atoms with Crippen LogP contribution in [0.1, 0.15) is 55.6 Å². The van der Waals surface area contributed by atoms with E-state index in [0.29, 0.717) is 11.1 Å². The van der Waals surface area contributed by atoms with Crippen LogP contribution in [0.4, 0.5) is 34.1 Å². The summed E-state index contributed by atoms with van der Waals surface area (Å²) in [7, 11) is 0. The predicted molar refractivity (Wildman–Crippen MR) is 561 cm³/mol. The van der Waals surface area contributed by atoms with Gasteiger partial charge in [0.2, 0.25) is 0 Å². The molecule has 0 saturated carbocycles. The molecule has 134 heavy (non-hydrogen) atoms. The summed E-state index contributed by atoms with van der Waals surface area (Å²) in [6.07, 6.45) is 0. The zero-order valence-electron chi connectivity index (χ0n) is 72.7. The van der Waals surface area contributed by atoms with Crippen molar-refractivity contribution in [2.75, 3.05) is 9.80 Å². The number of nitriles is 2. The Morgan fingerprint density at radius 1 is 0.142 bits per heavy atom. The molecule has 0 aliphatic carbocycles. The van der Waals surface area contributed by atoms with Crippen LogP contribution in [-0.4, -0.2) is 0 Å². The van der Waals surface area contributed by atoms with Crippen LogP contribution in [-0.2, 0) is 0 Å². The molecule has 0 bridgehead atoms. The summed E-state index contributed by atoms with van der Waals surface area (Å²) in [5, 5.41) is 42.0. The van der Waals surface area contributed by atoms with Gasteiger partial charge in [-0.05, 0) is 322 Å². The fourth-order valence-corrected chi connectivity index (χ4v) is 19.5. The van der Waals surface area contributed by atoms with E-state index in [4.69, 9.17) is 0 Å². The van der Waals surface area contributed by atoms with Gasteiger partial charge in [0.1, 0.15) is 0 Å². The summed E-state index contributed by atoms with van der Waals surface area (Å²) in [5.41, 5.74) is 24.3. The van der Waals surface area contributed by atoms with Crippen molar-refractivity contribution in [1.29, 1.82) is 10.5 Å². The van der Waals surface area contributed by atoms with Crippen molar-refractivity contribution in [2.45, 2.75) is 0 Å². The summed E-state index contributed by atoms with van der Waals surface area (Å²) < 4.78 is 0. The molecule has 0 amide bonds. The fourth-order valence-electron chi connectivity index (χ4n) is 19.5. The quantitative estimate of drug-likeness (QED) is 0.101. The third kappa shape index (κ3) is 14.9. The molecule has 0 aliphatic rings. The van der Waals surface area contributed by atoms with Gasteiger partial charge in [-0.1, -0.05) is 339 Å². The second-order valence-electron chi connectivity index (χ2n) is 33.6. The van der Waals surface area contributed by atoms with Crippen LogP contribution in [0.15, 0.2) is 461 Å². The Morgan fingerprint density at radius 2 is 0.336 bits per heavy atom. The Bertz CT molecular complexity index is 8490. The maximum atomic E-state index is 9.37. The highest BCUT2D eigenvalue weighted by molar-refractivity contribution is 6.32. The van der Waals surface area contributed by atoms with Gasteiger partial charge in [-0.2, -0.15) is 10.5 Å². The first-order chi connectivity index (χ1) is 66.4. The molecule has 0 N–H and O–H groups in total. The zero-order valence-corrected chi connectivity index (χ0v) is 72.7. The van der Waals surface area contributed by atoms with Crippen LogP contribution in [0.5, 0.6) is 0 Å². The molecule has 0 spiro atoms. The summed E-state index contributed by atoms with van der Waals surface area (Å²) in [4.78, 5) is 4.56. The van der Waals surface area contributed by atoms with Crippen LogP contribution < -0.4 is 9.80 Å². The Hall–Kier alpha value is -18.8. The molecule has 24 aromatic carbocycles. The highest BCUT2D eigenvalue weighted by atomic mass is 15.1. The number of benzene rings is 24. The molecule has 0 heterocycles. The molecule has 4 nitrogen and oxygen atoms in total.